The van der Waals surface area contributed by atoms with Gasteiger partial charge in [-0.15, -0.1) is 0 Å². The minimum atomic E-state index is -0.141. The van der Waals surface area contributed by atoms with Gasteiger partial charge in [0, 0.05) is 6.04 Å². The molecule has 0 fully saturated rings. The summed E-state index contributed by atoms with van der Waals surface area (Å²) in [4.78, 5) is 0. The fourth-order valence-corrected chi connectivity index (χ4v) is 2.30. The molecule has 3 heteroatoms. The number of rotatable bonds is 7. The van der Waals surface area contributed by atoms with Crippen LogP contribution in [-0.2, 0) is 6.42 Å². The first-order valence-electron chi connectivity index (χ1n) is 7.29. The van der Waals surface area contributed by atoms with E-state index in [4.69, 9.17) is 4.74 Å². The molecule has 0 saturated heterocycles. The average molecular weight is 287 g/mol. The Morgan fingerprint density at radius 3 is 2.67 bits per heavy atom. The molecule has 0 radical (unpaired) electrons. The minimum absolute atomic E-state index is 0.141. The lowest BCUT2D eigenvalue weighted by Crippen LogP contribution is -2.29. The molecule has 0 aliphatic carbocycles. The van der Waals surface area contributed by atoms with Crippen LogP contribution in [0.5, 0.6) is 5.75 Å². The molecule has 0 aliphatic heterocycles. The van der Waals surface area contributed by atoms with Crippen molar-refractivity contribution in [2.45, 2.75) is 25.8 Å². The van der Waals surface area contributed by atoms with E-state index in [9.17, 15) is 4.39 Å². The van der Waals surface area contributed by atoms with E-state index in [0.717, 1.165) is 17.7 Å². The Morgan fingerprint density at radius 2 is 1.95 bits per heavy atom. The van der Waals surface area contributed by atoms with E-state index < -0.39 is 0 Å². The molecule has 2 aromatic rings. The van der Waals surface area contributed by atoms with Crippen LogP contribution in [-0.4, -0.2) is 19.7 Å². The van der Waals surface area contributed by atoms with Crippen molar-refractivity contribution in [3.8, 4) is 5.75 Å². The van der Waals surface area contributed by atoms with Gasteiger partial charge in [-0.3, -0.25) is 0 Å². The summed E-state index contributed by atoms with van der Waals surface area (Å²) in [6.07, 6.45) is 1.50. The van der Waals surface area contributed by atoms with Gasteiger partial charge < -0.3 is 10.1 Å². The van der Waals surface area contributed by atoms with Gasteiger partial charge in [0.15, 0.2) is 0 Å². The standard InChI is InChI=1S/C18H22FNO/c1-14-6-5-8-17(12-14)21-11-10-16(20-2)13-15-7-3-4-9-18(15)19/h3-9,12,16,20H,10-11,13H2,1-2H3. The van der Waals surface area contributed by atoms with Crippen molar-refractivity contribution in [3.05, 3.63) is 65.5 Å². The Hall–Kier alpha value is -1.87. The molecule has 0 amide bonds. The molecule has 0 spiro atoms. The predicted octanol–water partition coefficient (Wildman–Crippen LogP) is 3.73. The van der Waals surface area contributed by atoms with E-state index in [1.165, 1.54) is 11.6 Å². The lowest BCUT2D eigenvalue weighted by Gasteiger charge is -2.17. The summed E-state index contributed by atoms with van der Waals surface area (Å²) >= 11 is 0. The van der Waals surface area contributed by atoms with Crippen molar-refractivity contribution in [1.82, 2.24) is 5.32 Å². The van der Waals surface area contributed by atoms with E-state index in [0.29, 0.717) is 13.0 Å². The molecule has 21 heavy (non-hydrogen) atoms. The topological polar surface area (TPSA) is 21.3 Å². The zero-order valence-corrected chi connectivity index (χ0v) is 12.6. The molecule has 1 N–H and O–H groups in total. The van der Waals surface area contributed by atoms with Gasteiger partial charge in [0.2, 0.25) is 0 Å². The molecule has 0 saturated carbocycles. The average Bonchev–Trinajstić information content (AvgIpc) is 2.48. The third-order valence-electron chi connectivity index (χ3n) is 3.56. The molecule has 2 rings (SSSR count). The van der Waals surface area contributed by atoms with Gasteiger partial charge in [-0.1, -0.05) is 30.3 Å². The normalized spacial score (nSPS) is 12.1. The second-order valence-corrected chi connectivity index (χ2v) is 5.23. The summed E-state index contributed by atoms with van der Waals surface area (Å²) in [6.45, 7) is 2.66. The van der Waals surface area contributed by atoms with Crippen LogP contribution in [0.4, 0.5) is 4.39 Å². The fourth-order valence-electron chi connectivity index (χ4n) is 2.30. The van der Waals surface area contributed by atoms with Crippen LogP contribution < -0.4 is 10.1 Å². The summed E-state index contributed by atoms with van der Waals surface area (Å²) in [7, 11) is 1.90. The Balaban J connectivity index is 1.84. The maximum atomic E-state index is 13.7. The van der Waals surface area contributed by atoms with Gasteiger partial charge in [0.25, 0.3) is 0 Å². The van der Waals surface area contributed by atoms with Crippen LogP contribution in [0.25, 0.3) is 0 Å². The molecule has 1 atom stereocenters. The third kappa shape index (κ3) is 4.87. The maximum Gasteiger partial charge on any atom is 0.126 e. The monoisotopic (exact) mass is 287 g/mol. The molecule has 1 unspecified atom stereocenters. The summed E-state index contributed by atoms with van der Waals surface area (Å²) in [5.74, 6) is 0.744. The van der Waals surface area contributed by atoms with E-state index in [-0.39, 0.29) is 11.9 Å². The van der Waals surface area contributed by atoms with Crippen molar-refractivity contribution in [1.29, 1.82) is 0 Å². The van der Waals surface area contributed by atoms with Crippen molar-refractivity contribution < 1.29 is 9.13 Å². The quantitative estimate of drug-likeness (QED) is 0.837. The van der Waals surface area contributed by atoms with Crippen molar-refractivity contribution in [2.75, 3.05) is 13.7 Å². The van der Waals surface area contributed by atoms with Crippen LogP contribution >= 0.6 is 0 Å². The van der Waals surface area contributed by atoms with Gasteiger partial charge in [-0.2, -0.15) is 0 Å². The first-order valence-corrected chi connectivity index (χ1v) is 7.29. The van der Waals surface area contributed by atoms with E-state index >= 15 is 0 Å². The van der Waals surface area contributed by atoms with Gasteiger partial charge in [-0.05, 0) is 56.1 Å². The van der Waals surface area contributed by atoms with Gasteiger partial charge >= 0.3 is 0 Å². The molecule has 2 nitrogen and oxygen atoms in total. The van der Waals surface area contributed by atoms with Crippen molar-refractivity contribution in [3.63, 3.8) is 0 Å². The molecule has 112 valence electrons. The van der Waals surface area contributed by atoms with Gasteiger partial charge in [-0.25, -0.2) is 4.39 Å². The van der Waals surface area contributed by atoms with Crippen LogP contribution in [0.2, 0.25) is 0 Å². The number of benzene rings is 2. The van der Waals surface area contributed by atoms with Crippen LogP contribution in [0.3, 0.4) is 0 Å². The fraction of sp³-hybridized carbons (Fsp3) is 0.333. The minimum Gasteiger partial charge on any atom is -0.494 e. The van der Waals surface area contributed by atoms with E-state index in [1.54, 1.807) is 6.07 Å². The van der Waals surface area contributed by atoms with Crippen LogP contribution in [0.15, 0.2) is 48.5 Å². The number of hydrogen-bond acceptors (Lipinski definition) is 2. The zero-order valence-electron chi connectivity index (χ0n) is 12.6. The van der Waals surface area contributed by atoms with E-state index in [1.807, 2.05) is 50.4 Å². The highest BCUT2D eigenvalue weighted by Gasteiger charge is 2.10. The van der Waals surface area contributed by atoms with Crippen molar-refractivity contribution >= 4 is 0 Å². The number of aryl methyl sites for hydroxylation is 1. The Morgan fingerprint density at radius 1 is 1.14 bits per heavy atom. The SMILES string of the molecule is CNC(CCOc1cccc(C)c1)Cc1ccccc1F. The summed E-state index contributed by atoms with van der Waals surface area (Å²) in [6, 6.07) is 15.1. The predicted molar refractivity (Wildman–Crippen MR) is 84.2 cm³/mol. The summed E-state index contributed by atoms with van der Waals surface area (Å²) < 4.78 is 19.4. The highest BCUT2D eigenvalue weighted by molar-refractivity contribution is 5.27. The van der Waals surface area contributed by atoms with E-state index in [2.05, 4.69) is 5.32 Å². The first-order chi connectivity index (χ1) is 10.2. The molecule has 0 heterocycles. The number of hydrogen-bond donors (Lipinski definition) is 1. The number of likely N-dealkylation sites (N-methyl/N-ethyl adjacent to an activating group) is 1. The number of ether oxygens (including phenoxy) is 1. The molecular formula is C18H22FNO. The van der Waals surface area contributed by atoms with Gasteiger partial charge in [0.05, 0.1) is 6.61 Å². The molecule has 2 aromatic carbocycles. The molecule has 0 bridgehead atoms. The second-order valence-electron chi connectivity index (χ2n) is 5.23. The van der Waals surface area contributed by atoms with Crippen molar-refractivity contribution in [2.24, 2.45) is 0 Å². The zero-order chi connectivity index (χ0) is 15.1. The summed E-state index contributed by atoms with van der Waals surface area (Å²) in [5.41, 5.74) is 1.93. The smallest absolute Gasteiger partial charge is 0.126 e. The van der Waals surface area contributed by atoms with Crippen LogP contribution in [0.1, 0.15) is 17.5 Å². The lowest BCUT2D eigenvalue weighted by molar-refractivity contribution is 0.287. The molecule has 0 aromatic heterocycles. The lowest BCUT2D eigenvalue weighted by atomic mass is 10.0. The molecule has 0 aliphatic rings. The van der Waals surface area contributed by atoms with Crippen LogP contribution in [0, 0.1) is 12.7 Å². The summed E-state index contributed by atoms with van der Waals surface area (Å²) in [5, 5.41) is 3.23. The molecular weight excluding hydrogens is 265 g/mol. The Bertz CT molecular complexity index is 571. The third-order valence-corrected chi connectivity index (χ3v) is 3.56. The second kappa shape index (κ2) is 7.79. The highest BCUT2D eigenvalue weighted by atomic mass is 19.1. The highest BCUT2D eigenvalue weighted by Crippen LogP contribution is 2.14. The Kier molecular flexibility index (Phi) is 5.76. The van der Waals surface area contributed by atoms with Gasteiger partial charge in [0.1, 0.15) is 11.6 Å². The largest absolute Gasteiger partial charge is 0.494 e. The Labute approximate surface area is 126 Å². The maximum absolute atomic E-state index is 13.7. The number of nitrogens with one attached hydrogen (secondary N) is 1. The first kappa shape index (κ1) is 15.5. The number of halogens is 1.